The van der Waals surface area contributed by atoms with E-state index in [0.717, 1.165) is 12.0 Å². The van der Waals surface area contributed by atoms with Crippen LogP contribution >= 0.6 is 23.4 Å². The smallest absolute Gasteiger partial charge is 0.310 e. The molecule has 6 heteroatoms. The van der Waals surface area contributed by atoms with Gasteiger partial charge < -0.3 is 10.6 Å². The fourth-order valence-electron chi connectivity index (χ4n) is 1.68. The van der Waals surface area contributed by atoms with Crippen molar-refractivity contribution in [2.24, 2.45) is 0 Å². The normalized spacial score (nSPS) is 14.2. The Morgan fingerprint density at radius 1 is 1.42 bits per heavy atom. The van der Waals surface area contributed by atoms with Gasteiger partial charge in [-0.05, 0) is 30.2 Å². The summed E-state index contributed by atoms with van der Waals surface area (Å²) >= 11 is 7.18. The molecular formula is C13H13ClN2O2S. The summed E-state index contributed by atoms with van der Waals surface area (Å²) in [6, 6.07) is 4.98. The van der Waals surface area contributed by atoms with Gasteiger partial charge in [-0.15, -0.1) is 0 Å². The van der Waals surface area contributed by atoms with E-state index in [-0.39, 0.29) is 11.1 Å². The molecular weight excluding hydrogens is 284 g/mol. The zero-order valence-corrected chi connectivity index (χ0v) is 11.9. The second kappa shape index (κ2) is 6.12. The van der Waals surface area contributed by atoms with E-state index >= 15 is 0 Å². The van der Waals surface area contributed by atoms with Gasteiger partial charge in [0, 0.05) is 28.2 Å². The van der Waals surface area contributed by atoms with Crippen LogP contribution in [0.25, 0.3) is 0 Å². The predicted octanol–water partition coefficient (Wildman–Crippen LogP) is 3.18. The molecule has 1 aromatic rings. The number of rotatable bonds is 3. The van der Waals surface area contributed by atoms with Crippen molar-refractivity contribution in [2.45, 2.75) is 13.3 Å². The predicted molar refractivity (Wildman–Crippen MR) is 78.5 cm³/mol. The molecule has 0 saturated carbocycles. The first-order valence-corrected chi connectivity index (χ1v) is 7.18. The number of benzene rings is 1. The van der Waals surface area contributed by atoms with Crippen molar-refractivity contribution >= 4 is 40.2 Å². The molecule has 0 atom stereocenters. The van der Waals surface area contributed by atoms with E-state index in [1.165, 1.54) is 17.8 Å². The first-order valence-electron chi connectivity index (χ1n) is 5.82. The van der Waals surface area contributed by atoms with Crippen LogP contribution in [-0.4, -0.2) is 16.9 Å². The molecule has 2 N–H and O–H groups in total. The number of halogens is 1. The fourth-order valence-corrected chi connectivity index (χ4v) is 2.61. The number of amides is 2. The standard InChI is InChI=1S/C13H13ClN2O2S/c1-2-8-5-9(3-4-11(8)14)15-13(18)16-10-6-12(17)19-7-10/h3-6H,2,7H2,1H3,(H2,15,16,18). The lowest BCUT2D eigenvalue weighted by atomic mass is 10.1. The second-order valence-electron chi connectivity index (χ2n) is 4.02. The van der Waals surface area contributed by atoms with E-state index in [0.29, 0.717) is 22.2 Å². The van der Waals surface area contributed by atoms with Crippen LogP contribution in [0, 0.1) is 0 Å². The molecule has 1 aliphatic heterocycles. The average molecular weight is 297 g/mol. The van der Waals surface area contributed by atoms with Gasteiger partial charge in [-0.1, -0.05) is 30.3 Å². The van der Waals surface area contributed by atoms with Crippen molar-refractivity contribution < 1.29 is 9.59 Å². The highest BCUT2D eigenvalue weighted by molar-refractivity contribution is 8.14. The molecule has 0 saturated heterocycles. The molecule has 2 amide bonds. The Bertz CT molecular complexity index is 558. The summed E-state index contributed by atoms with van der Waals surface area (Å²) in [4.78, 5) is 22.8. The number of nitrogens with one attached hydrogen (secondary N) is 2. The molecule has 1 aromatic carbocycles. The number of carbonyl (C=O) groups is 2. The molecule has 0 aliphatic carbocycles. The third-order valence-electron chi connectivity index (χ3n) is 2.62. The Kier molecular flexibility index (Phi) is 4.50. The minimum absolute atomic E-state index is 0.0323. The topological polar surface area (TPSA) is 58.2 Å². The first-order chi connectivity index (χ1) is 9.08. The number of urea groups is 1. The summed E-state index contributed by atoms with van der Waals surface area (Å²) in [7, 11) is 0. The van der Waals surface area contributed by atoms with Crippen molar-refractivity contribution in [3.05, 3.63) is 40.6 Å². The maximum absolute atomic E-state index is 11.7. The van der Waals surface area contributed by atoms with Gasteiger partial charge >= 0.3 is 6.03 Å². The molecule has 100 valence electrons. The van der Waals surface area contributed by atoms with Crippen LogP contribution in [0.4, 0.5) is 10.5 Å². The van der Waals surface area contributed by atoms with Crippen molar-refractivity contribution in [3.63, 3.8) is 0 Å². The molecule has 0 radical (unpaired) electrons. The number of aryl methyl sites for hydroxylation is 1. The van der Waals surface area contributed by atoms with Crippen molar-refractivity contribution in [2.75, 3.05) is 11.1 Å². The number of anilines is 1. The molecule has 2 rings (SSSR count). The highest BCUT2D eigenvalue weighted by atomic mass is 35.5. The van der Waals surface area contributed by atoms with Gasteiger partial charge in [0.05, 0.1) is 0 Å². The lowest BCUT2D eigenvalue weighted by molar-refractivity contribution is -0.106. The van der Waals surface area contributed by atoms with E-state index in [1.54, 1.807) is 12.1 Å². The van der Waals surface area contributed by atoms with Crippen LogP contribution in [0.1, 0.15) is 12.5 Å². The van der Waals surface area contributed by atoms with Gasteiger partial charge in [-0.2, -0.15) is 0 Å². The molecule has 1 heterocycles. The second-order valence-corrected chi connectivity index (χ2v) is 5.40. The SMILES string of the molecule is CCc1cc(NC(=O)NC2=CC(=O)SC2)ccc1Cl. The van der Waals surface area contributed by atoms with E-state index in [1.807, 2.05) is 13.0 Å². The summed E-state index contributed by atoms with van der Waals surface area (Å²) < 4.78 is 0. The van der Waals surface area contributed by atoms with Crippen LogP contribution in [0.2, 0.25) is 5.02 Å². The monoisotopic (exact) mass is 296 g/mol. The number of thioether (sulfide) groups is 1. The highest BCUT2D eigenvalue weighted by Gasteiger charge is 2.14. The van der Waals surface area contributed by atoms with Gasteiger partial charge in [0.25, 0.3) is 0 Å². The zero-order chi connectivity index (χ0) is 13.8. The molecule has 19 heavy (non-hydrogen) atoms. The maximum Gasteiger partial charge on any atom is 0.323 e. The van der Waals surface area contributed by atoms with E-state index in [9.17, 15) is 9.59 Å². The largest absolute Gasteiger partial charge is 0.323 e. The molecule has 4 nitrogen and oxygen atoms in total. The van der Waals surface area contributed by atoms with Gasteiger partial charge in [-0.3, -0.25) is 4.79 Å². The Morgan fingerprint density at radius 2 is 2.21 bits per heavy atom. The average Bonchev–Trinajstić information content (AvgIpc) is 2.77. The first kappa shape index (κ1) is 14.0. The summed E-state index contributed by atoms with van der Waals surface area (Å²) in [5.74, 6) is 0.507. The van der Waals surface area contributed by atoms with Crippen molar-refractivity contribution in [3.8, 4) is 0 Å². The minimum Gasteiger partial charge on any atom is -0.310 e. The molecule has 0 fully saturated rings. The fraction of sp³-hybridized carbons (Fsp3) is 0.231. The van der Waals surface area contributed by atoms with Gasteiger partial charge in [0.15, 0.2) is 0 Å². The number of hydrogen-bond acceptors (Lipinski definition) is 3. The molecule has 0 aromatic heterocycles. The molecule has 0 bridgehead atoms. The molecule has 0 spiro atoms. The summed E-state index contributed by atoms with van der Waals surface area (Å²) in [5.41, 5.74) is 2.28. The van der Waals surface area contributed by atoms with Crippen LogP contribution in [-0.2, 0) is 11.2 Å². The Labute approximate surface area is 120 Å². The highest BCUT2D eigenvalue weighted by Crippen LogP contribution is 2.21. The van der Waals surface area contributed by atoms with Crippen LogP contribution in [0.5, 0.6) is 0 Å². The lowest BCUT2D eigenvalue weighted by Gasteiger charge is -2.09. The number of carbonyl (C=O) groups excluding carboxylic acids is 2. The van der Waals surface area contributed by atoms with Crippen molar-refractivity contribution in [1.29, 1.82) is 0 Å². The third kappa shape index (κ3) is 3.75. The Balaban J connectivity index is 1.99. The van der Waals surface area contributed by atoms with Gasteiger partial charge in [0.2, 0.25) is 5.12 Å². The number of hydrogen-bond donors (Lipinski definition) is 2. The lowest BCUT2D eigenvalue weighted by Crippen LogP contribution is -2.28. The summed E-state index contributed by atoms with van der Waals surface area (Å²) in [6.45, 7) is 2.00. The van der Waals surface area contributed by atoms with Crippen LogP contribution in [0.15, 0.2) is 30.0 Å². The van der Waals surface area contributed by atoms with Crippen molar-refractivity contribution in [1.82, 2.24) is 5.32 Å². The van der Waals surface area contributed by atoms with E-state index in [2.05, 4.69) is 10.6 Å². The quantitative estimate of drug-likeness (QED) is 0.900. The summed E-state index contributed by atoms with van der Waals surface area (Å²) in [5, 5.41) is 6.02. The summed E-state index contributed by atoms with van der Waals surface area (Å²) in [6.07, 6.45) is 2.23. The van der Waals surface area contributed by atoms with Crippen LogP contribution < -0.4 is 10.6 Å². The molecule has 0 unspecified atom stereocenters. The Morgan fingerprint density at radius 3 is 2.84 bits per heavy atom. The van der Waals surface area contributed by atoms with Gasteiger partial charge in [-0.25, -0.2) is 4.79 Å². The Hall–Kier alpha value is -1.46. The maximum atomic E-state index is 11.7. The van der Waals surface area contributed by atoms with Gasteiger partial charge in [0.1, 0.15) is 0 Å². The van der Waals surface area contributed by atoms with E-state index in [4.69, 9.17) is 11.6 Å². The van der Waals surface area contributed by atoms with Crippen LogP contribution in [0.3, 0.4) is 0 Å². The minimum atomic E-state index is -0.356. The van der Waals surface area contributed by atoms with E-state index < -0.39 is 0 Å². The zero-order valence-electron chi connectivity index (χ0n) is 10.3. The molecule has 1 aliphatic rings. The third-order valence-corrected chi connectivity index (χ3v) is 3.85.